The lowest BCUT2D eigenvalue weighted by atomic mass is 10.1. The first-order valence-electron chi connectivity index (χ1n) is 24.4. The summed E-state index contributed by atoms with van der Waals surface area (Å²) < 4.78 is 10.6. The predicted molar refractivity (Wildman–Crippen MR) is 260 cm³/mol. The van der Waals surface area contributed by atoms with E-state index in [-0.39, 0.29) is 25.2 Å². The molecule has 1 N–H and O–H groups in total. The third kappa shape index (κ3) is 47.2. The van der Waals surface area contributed by atoms with Gasteiger partial charge in [0.25, 0.3) is 0 Å². The van der Waals surface area contributed by atoms with Crippen LogP contribution in [0.3, 0.4) is 0 Å². The zero-order valence-electron chi connectivity index (χ0n) is 38.7. The molecule has 0 aliphatic rings. The molecule has 1 atom stereocenters. The Hall–Kier alpha value is -3.44. The molecular formula is C55H90O5. The zero-order chi connectivity index (χ0) is 43.5. The van der Waals surface area contributed by atoms with Gasteiger partial charge in [-0.1, -0.05) is 200 Å². The number of carbonyl (C=O) groups excluding carboxylic acids is 2. The number of allylic oxidation sites excluding steroid dienone is 18. The average Bonchev–Trinajstić information content (AvgIpc) is 3.25. The summed E-state index contributed by atoms with van der Waals surface area (Å²) in [6.07, 6.45) is 71.7. The molecule has 0 amide bonds. The maximum atomic E-state index is 12.2. The van der Waals surface area contributed by atoms with Crippen LogP contribution in [0.5, 0.6) is 0 Å². The summed E-state index contributed by atoms with van der Waals surface area (Å²) in [7, 11) is 0. The van der Waals surface area contributed by atoms with E-state index in [2.05, 4.69) is 123 Å². The predicted octanol–water partition coefficient (Wildman–Crippen LogP) is 16.2. The van der Waals surface area contributed by atoms with Crippen LogP contribution in [-0.2, 0) is 19.1 Å². The summed E-state index contributed by atoms with van der Waals surface area (Å²) in [6, 6.07) is 0. The first-order valence-corrected chi connectivity index (χ1v) is 24.4. The van der Waals surface area contributed by atoms with Crippen molar-refractivity contribution in [1.82, 2.24) is 0 Å². The lowest BCUT2D eigenvalue weighted by molar-refractivity contribution is -0.161. The fourth-order valence-corrected chi connectivity index (χ4v) is 6.39. The van der Waals surface area contributed by atoms with E-state index in [0.717, 1.165) is 103 Å². The van der Waals surface area contributed by atoms with E-state index in [1.165, 1.54) is 77.0 Å². The molecule has 5 nitrogen and oxygen atoms in total. The van der Waals surface area contributed by atoms with Crippen molar-refractivity contribution in [2.45, 2.75) is 213 Å². The smallest absolute Gasteiger partial charge is 0.306 e. The highest BCUT2D eigenvalue weighted by Gasteiger charge is 2.16. The second-order valence-electron chi connectivity index (χ2n) is 15.8. The first-order chi connectivity index (χ1) is 29.6. The summed E-state index contributed by atoms with van der Waals surface area (Å²) in [4.78, 5) is 24.3. The fraction of sp³-hybridized carbons (Fsp3) is 0.636. The number of rotatable bonds is 43. The monoisotopic (exact) mass is 831 g/mol. The Morgan fingerprint density at radius 3 is 1.10 bits per heavy atom. The van der Waals surface area contributed by atoms with Crippen molar-refractivity contribution in [3.63, 3.8) is 0 Å². The van der Waals surface area contributed by atoms with E-state index in [4.69, 9.17) is 9.47 Å². The average molecular weight is 831 g/mol. The van der Waals surface area contributed by atoms with Crippen LogP contribution in [-0.4, -0.2) is 36.4 Å². The summed E-state index contributed by atoms with van der Waals surface area (Å²) >= 11 is 0. The summed E-state index contributed by atoms with van der Waals surface area (Å²) in [5.41, 5.74) is 0. The molecule has 1 unspecified atom stereocenters. The Labute approximate surface area is 370 Å². The molecule has 0 aliphatic heterocycles. The fourth-order valence-electron chi connectivity index (χ4n) is 6.39. The van der Waals surface area contributed by atoms with Gasteiger partial charge in [0.05, 0.1) is 6.61 Å². The Kier molecular flexibility index (Phi) is 47.1. The third-order valence-electron chi connectivity index (χ3n) is 10.1. The van der Waals surface area contributed by atoms with E-state index >= 15 is 0 Å². The van der Waals surface area contributed by atoms with Gasteiger partial charge >= 0.3 is 11.9 Å². The Balaban J connectivity index is 3.61. The molecule has 0 aromatic rings. The largest absolute Gasteiger partial charge is 0.462 e. The van der Waals surface area contributed by atoms with E-state index in [0.29, 0.717) is 12.8 Å². The standard InChI is InChI=1S/C55H90O5/c1-3-5-7-9-11-13-15-17-18-19-20-21-22-23-24-25-26-27-28-29-30-31-32-33-34-35-36-38-40-42-44-46-48-50-55(58)60-53(51-56)52-59-54(57)49-47-45-43-41-39-37-16-14-12-10-8-6-4-2/h5,7,11,13-14,16-18,20-21,23-24,26-27,29-30,32-33,53,56H,3-4,6,8-10,12,15,19,22,25,28,31,34-52H2,1-2H3/b7-5-,13-11-,16-14-,18-17-,21-20-,24-23-,27-26-,30-29-,33-32-. The number of hydrogen-bond acceptors (Lipinski definition) is 5. The summed E-state index contributed by atoms with van der Waals surface area (Å²) in [5, 5.41) is 9.59. The molecule has 0 aliphatic carbocycles. The van der Waals surface area contributed by atoms with Gasteiger partial charge in [-0.25, -0.2) is 0 Å². The second-order valence-corrected chi connectivity index (χ2v) is 15.8. The normalized spacial score (nSPS) is 13.2. The maximum absolute atomic E-state index is 12.2. The summed E-state index contributed by atoms with van der Waals surface area (Å²) in [6.45, 7) is 3.98. The van der Waals surface area contributed by atoms with Gasteiger partial charge < -0.3 is 14.6 Å². The molecule has 0 aromatic heterocycles. The number of carbonyl (C=O) groups is 2. The molecule has 0 rings (SSSR count). The number of unbranched alkanes of at least 4 members (excludes halogenated alkanes) is 17. The van der Waals surface area contributed by atoms with Crippen molar-refractivity contribution >= 4 is 11.9 Å². The molecular weight excluding hydrogens is 741 g/mol. The van der Waals surface area contributed by atoms with Crippen LogP contribution >= 0.6 is 0 Å². The SMILES string of the molecule is CC/C=C\C/C=C\C/C=C\C/C=C\C/C=C\C/C=C\C/C=C\C/C=C\CCCCCCCCCCC(=O)OC(CO)COC(=O)CCCCCCC/C=C\CCCCCC. The number of ether oxygens (including phenoxy) is 2. The molecule has 0 fully saturated rings. The lowest BCUT2D eigenvalue weighted by Crippen LogP contribution is -2.28. The maximum Gasteiger partial charge on any atom is 0.306 e. The van der Waals surface area contributed by atoms with Crippen LogP contribution in [0.4, 0.5) is 0 Å². The first kappa shape index (κ1) is 56.6. The van der Waals surface area contributed by atoms with E-state index in [1.54, 1.807) is 0 Å². The Bertz CT molecular complexity index is 1210. The van der Waals surface area contributed by atoms with Gasteiger partial charge in [0.1, 0.15) is 6.61 Å². The molecule has 60 heavy (non-hydrogen) atoms. The van der Waals surface area contributed by atoms with E-state index in [9.17, 15) is 14.7 Å². The molecule has 5 heteroatoms. The minimum absolute atomic E-state index is 0.0789. The molecule has 0 aromatic carbocycles. The number of aliphatic hydroxyl groups excluding tert-OH is 1. The van der Waals surface area contributed by atoms with Crippen LogP contribution < -0.4 is 0 Å². The number of aliphatic hydroxyl groups is 1. The molecule has 0 bridgehead atoms. The van der Waals surface area contributed by atoms with Crippen molar-refractivity contribution in [3.05, 3.63) is 109 Å². The Morgan fingerprint density at radius 1 is 0.400 bits per heavy atom. The molecule has 0 spiro atoms. The van der Waals surface area contributed by atoms with Crippen molar-refractivity contribution in [3.8, 4) is 0 Å². The van der Waals surface area contributed by atoms with Crippen LogP contribution in [0.15, 0.2) is 109 Å². The zero-order valence-corrected chi connectivity index (χ0v) is 38.7. The van der Waals surface area contributed by atoms with Crippen molar-refractivity contribution in [1.29, 1.82) is 0 Å². The van der Waals surface area contributed by atoms with Gasteiger partial charge in [-0.3, -0.25) is 9.59 Å². The van der Waals surface area contributed by atoms with Gasteiger partial charge in [0, 0.05) is 12.8 Å². The minimum atomic E-state index is -0.786. The van der Waals surface area contributed by atoms with Gasteiger partial charge in [-0.05, 0) is 103 Å². The molecule has 0 radical (unpaired) electrons. The van der Waals surface area contributed by atoms with Gasteiger partial charge in [-0.2, -0.15) is 0 Å². The number of esters is 2. The van der Waals surface area contributed by atoms with Crippen LogP contribution in [0.25, 0.3) is 0 Å². The molecule has 340 valence electrons. The van der Waals surface area contributed by atoms with Gasteiger partial charge in [-0.15, -0.1) is 0 Å². The van der Waals surface area contributed by atoms with E-state index < -0.39 is 6.10 Å². The topological polar surface area (TPSA) is 72.8 Å². The number of hydrogen-bond donors (Lipinski definition) is 1. The molecule has 0 saturated heterocycles. The second kappa shape index (κ2) is 49.9. The minimum Gasteiger partial charge on any atom is -0.462 e. The highest BCUT2D eigenvalue weighted by atomic mass is 16.6. The van der Waals surface area contributed by atoms with Gasteiger partial charge in [0.15, 0.2) is 6.10 Å². The van der Waals surface area contributed by atoms with E-state index in [1.807, 2.05) is 0 Å². The lowest BCUT2D eigenvalue weighted by Gasteiger charge is -2.15. The van der Waals surface area contributed by atoms with Crippen LogP contribution in [0.1, 0.15) is 206 Å². The van der Waals surface area contributed by atoms with Crippen molar-refractivity contribution in [2.24, 2.45) is 0 Å². The van der Waals surface area contributed by atoms with Gasteiger partial charge in [0.2, 0.25) is 0 Å². The molecule has 0 saturated carbocycles. The highest BCUT2D eigenvalue weighted by Crippen LogP contribution is 2.13. The Morgan fingerprint density at radius 2 is 0.717 bits per heavy atom. The third-order valence-corrected chi connectivity index (χ3v) is 10.1. The summed E-state index contributed by atoms with van der Waals surface area (Å²) in [5.74, 6) is -0.617. The van der Waals surface area contributed by atoms with Crippen LogP contribution in [0, 0.1) is 0 Å². The highest BCUT2D eigenvalue weighted by molar-refractivity contribution is 5.70. The van der Waals surface area contributed by atoms with Crippen LogP contribution in [0.2, 0.25) is 0 Å². The molecule has 0 heterocycles. The van der Waals surface area contributed by atoms with Crippen molar-refractivity contribution < 1.29 is 24.2 Å². The van der Waals surface area contributed by atoms with Crippen molar-refractivity contribution in [2.75, 3.05) is 13.2 Å². The quantitative estimate of drug-likeness (QED) is 0.0376.